The van der Waals surface area contributed by atoms with E-state index in [1.165, 1.54) is 0 Å². The Balaban J connectivity index is 2.83. The van der Waals surface area contributed by atoms with Crippen molar-refractivity contribution in [3.05, 3.63) is 20.9 Å². The van der Waals surface area contributed by atoms with E-state index in [4.69, 9.17) is 15.8 Å². The molecule has 0 aliphatic carbocycles. The predicted molar refractivity (Wildman–Crippen MR) is 56.5 cm³/mol. The first kappa shape index (κ1) is 12.6. The topological polar surface area (TPSA) is 127 Å². The molecule has 88 valence electrons. The molecular formula is C8H14N6O2. The van der Waals surface area contributed by atoms with E-state index >= 15 is 0 Å². The highest BCUT2D eigenvalue weighted by molar-refractivity contribution is 4.94. The van der Waals surface area contributed by atoms with Crippen molar-refractivity contribution in [3.63, 3.8) is 0 Å². The average molecular weight is 226 g/mol. The third-order valence-electron chi connectivity index (χ3n) is 2.91. The fourth-order valence-electron chi connectivity index (χ4n) is 1.79. The molecule has 0 spiro atoms. The van der Waals surface area contributed by atoms with Crippen molar-refractivity contribution in [1.29, 1.82) is 0 Å². The number of hydrogen-bond donors (Lipinski definition) is 1. The summed E-state index contributed by atoms with van der Waals surface area (Å²) in [5.74, 6) is -0.0757. The Morgan fingerprint density at radius 2 is 2.00 bits per heavy atom. The number of aliphatic hydroxyl groups excluding tert-OH is 1. The highest BCUT2D eigenvalue weighted by atomic mass is 16.5. The lowest BCUT2D eigenvalue weighted by atomic mass is 9.87. The fourth-order valence-corrected chi connectivity index (χ4v) is 1.79. The van der Waals surface area contributed by atoms with Crippen molar-refractivity contribution in [3.8, 4) is 0 Å². The second-order valence-electron chi connectivity index (χ2n) is 3.84. The molecule has 0 saturated carbocycles. The van der Waals surface area contributed by atoms with E-state index in [1.807, 2.05) is 13.8 Å². The van der Waals surface area contributed by atoms with Crippen LogP contribution in [0.15, 0.2) is 10.2 Å². The van der Waals surface area contributed by atoms with Crippen molar-refractivity contribution >= 4 is 0 Å². The standard InChI is InChI=1S/C8H14N6O2/c1-4-5(2)16-6(3-11-13-9)8(15)7(4)12-14-10/h4-8,15H,3H2,1-2H3/t4?,5-,6?,7-,8-/m1/s1. The molecule has 8 nitrogen and oxygen atoms in total. The van der Waals surface area contributed by atoms with Crippen LogP contribution in [-0.2, 0) is 4.74 Å². The molecule has 1 saturated heterocycles. The van der Waals surface area contributed by atoms with Gasteiger partial charge in [-0.05, 0) is 23.9 Å². The third kappa shape index (κ3) is 2.56. The summed E-state index contributed by atoms with van der Waals surface area (Å²) in [6.07, 6.45) is -1.71. The van der Waals surface area contributed by atoms with Crippen molar-refractivity contribution < 1.29 is 9.84 Å². The molecular weight excluding hydrogens is 212 g/mol. The molecule has 1 fully saturated rings. The Morgan fingerprint density at radius 1 is 1.31 bits per heavy atom. The van der Waals surface area contributed by atoms with Crippen molar-refractivity contribution in [2.75, 3.05) is 6.54 Å². The molecule has 1 aliphatic heterocycles. The van der Waals surface area contributed by atoms with Gasteiger partial charge in [0.25, 0.3) is 0 Å². The Hall–Kier alpha value is -1.46. The molecule has 0 aromatic carbocycles. The minimum atomic E-state index is -0.937. The minimum Gasteiger partial charge on any atom is -0.390 e. The van der Waals surface area contributed by atoms with Crippen LogP contribution < -0.4 is 0 Å². The van der Waals surface area contributed by atoms with Gasteiger partial charge < -0.3 is 9.84 Å². The molecule has 2 unspecified atom stereocenters. The first-order chi connectivity index (χ1) is 7.61. The van der Waals surface area contributed by atoms with Gasteiger partial charge >= 0.3 is 0 Å². The summed E-state index contributed by atoms with van der Waals surface area (Å²) in [7, 11) is 0. The third-order valence-corrected chi connectivity index (χ3v) is 2.91. The number of rotatable bonds is 3. The maximum Gasteiger partial charge on any atom is 0.0898 e. The summed E-state index contributed by atoms with van der Waals surface area (Å²) in [5, 5.41) is 16.8. The van der Waals surface area contributed by atoms with Crippen LogP contribution in [0.1, 0.15) is 13.8 Å². The maximum atomic E-state index is 9.90. The minimum absolute atomic E-state index is 0.0339. The van der Waals surface area contributed by atoms with Crippen LogP contribution in [0.25, 0.3) is 20.9 Å². The van der Waals surface area contributed by atoms with Crippen molar-refractivity contribution in [1.82, 2.24) is 0 Å². The van der Waals surface area contributed by atoms with E-state index in [-0.39, 0.29) is 18.6 Å². The van der Waals surface area contributed by atoms with E-state index in [0.29, 0.717) is 0 Å². The Bertz CT molecular complexity index is 335. The number of aliphatic hydroxyl groups is 1. The van der Waals surface area contributed by atoms with Gasteiger partial charge in [-0.1, -0.05) is 17.2 Å². The van der Waals surface area contributed by atoms with Crippen LogP contribution in [0.3, 0.4) is 0 Å². The van der Waals surface area contributed by atoms with Gasteiger partial charge in [0.15, 0.2) is 0 Å². The van der Waals surface area contributed by atoms with Gasteiger partial charge in [0, 0.05) is 9.82 Å². The summed E-state index contributed by atoms with van der Waals surface area (Å²) in [4.78, 5) is 5.33. The normalized spacial score (nSPS) is 38.3. The van der Waals surface area contributed by atoms with Crippen LogP contribution >= 0.6 is 0 Å². The molecule has 0 amide bonds. The Labute approximate surface area is 92.5 Å². The molecule has 0 radical (unpaired) electrons. The quantitative estimate of drug-likeness (QED) is 0.447. The molecule has 0 aromatic rings. The highest BCUT2D eigenvalue weighted by Crippen LogP contribution is 2.28. The van der Waals surface area contributed by atoms with E-state index in [1.54, 1.807) is 0 Å². The SMILES string of the molecule is CC1[C@@H](N=[N+]=[N-])[C@H](O)C(CN=[N+]=[N-])O[C@@H]1C. The summed E-state index contributed by atoms with van der Waals surface area (Å²) < 4.78 is 5.49. The number of azide groups is 2. The van der Waals surface area contributed by atoms with Crippen LogP contribution in [0.2, 0.25) is 0 Å². The number of hydrogen-bond acceptors (Lipinski definition) is 4. The average Bonchev–Trinajstić information content (AvgIpc) is 2.27. The van der Waals surface area contributed by atoms with Gasteiger partial charge in [0.2, 0.25) is 0 Å². The van der Waals surface area contributed by atoms with Gasteiger partial charge in [-0.3, -0.25) is 0 Å². The summed E-state index contributed by atoms with van der Waals surface area (Å²) >= 11 is 0. The Kier molecular flexibility index (Phi) is 4.39. The zero-order valence-electron chi connectivity index (χ0n) is 9.13. The fraction of sp³-hybridized carbons (Fsp3) is 1.00. The highest BCUT2D eigenvalue weighted by Gasteiger charge is 2.40. The second-order valence-corrected chi connectivity index (χ2v) is 3.84. The van der Waals surface area contributed by atoms with Gasteiger partial charge in [-0.25, -0.2) is 0 Å². The largest absolute Gasteiger partial charge is 0.390 e. The second kappa shape index (κ2) is 5.58. The molecule has 0 bridgehead atoms. The molecule has 1 aliphatic rings. The van der Waals surface area contributed by atoms with Gasteiger partial charge in [-0.2, -0.15) is 0 Å². The molecule has 1 rings (SSSR count). The lowest BCUT2D eigenvalue weighted by molar-refractivity contribution is -0.139. The number of nitrogens with zero attached hydrogens (tertiary/aromatic N) is 6. The van der Waals surface area contributed by atoms with E-state index in [0.717, 1.165) is 0 Å². The lowest BCUT2D eigenvalue weighted by Gasteiger charge is -2.40. The monoisotopic (exact) mass is 226 g/mol. The lowest BCUT2D eigenvalue weighted by Crippen LogP contribution is -2.52. The summed E-state index contributed by atoms with van der Waals surface area (Å²) in [5.41, 5.74) is 16.6. The van der Waals surface area contributed by atoms with Crippen LogP contribution in [0.5, 0.6) is 0 Å². The molecule has 0 aromatic heterocycles. The van der Waals surface area contributed by atoms with Crippen LogP contribution in [0, 0.1) is 5.92 Å². The molecule has 5 atom stereocenters. The zero-order chi connectivity index (χ0) is 12.1. The summed E-state index contributed by atoms with van der Waals surface area (Å²) in [6, 6.07) is -0.548. The van der Waals surface area contributed by atoms with Crippen LogP contribution in [-0.4, -0.2) is 36.0 Å². The summed E-state index contributed by atoms with van der Waals surface area (Å²) in [6.45, 7) is 3.71. The first-order valence-electron chi connectivity index (χ1n) is 5.00. The molecule has 16 heavy (non-hydrogen) atoms. The van der Waals surface area contributed by atoms with Crippen molar-refractivity contribution in [2.24, 2.45) is 16.1 Å². The van der Waals surface area contributed by atoms with Crippen LogP contribution in [0.4, 0.5) is 0 Å². The van der Waals surface area contributed by atoms with E-state index in [2.05, 4.69) is 20.1 Å². The van der Waals surface area contributed by atoms with E-state index in [9.17, 15) is 5.11 Å². The van der Waals surface area contributed by atoms with E-state index < -0.39 is 18.2 Å². The first-order valence-corrected chi connectivity index (χ1v) is 5.00. The smallest absolute Gasteiger partial charge is 0.0898 e. The Morgan fingerprint density at radius 3 is 2.56 bits per heavy atom. The van der Waals surface area contributed by atoms with Gasteiger partial charge in [0.1, 0.15) is 0 Å². The van der Waals surface area contributed by atoms with Gasteiger partial charge in [-0.15, -0.1) is 0 Å². The van der Waals surface area contributed by atoms with Crippen molar-refractivity contribution in [2.45, 2.75) is 38.2 Å². The molecule has 8 heteroatoms. The molecule has 1 N–H and O–H groups in total. The van der Waals surface area contributed by atoms with Gasteiger partial charge in [0.05, 0.1) is 30.9 Å². The zero-order valence-corrected chi connectivity index (χ0v) is 9.13. The number of ether oxygens (including phenoxy) is 1. The maximum absolute atomic E-state index is 9.90. The molecule has 1 heterocycles. The predicted octanol–water partition coefficient (Wildman–Crippen LogP) is 1.76.